The topological polar surface area (TPSA) is 103 Å². The first-order valence-corrected chi connectivity index (χ1v) is 8.97. The molecule has 0 radical (unpaired) electrons. The van der Waals surface area contributed by atoms with E-state index in [0.717, 1.165) is 24.2 Å². The summed E-state index contributed by atoms with van der Waals surface area (Å²) in [5, 5.41) is 11.0. The molecule has 1 aliphatic rings. The van der Waals surface area contributed by atoms with Gasteiger partial charge in [-0.3, -0.25) is 9.59 Å². The van der Waals surface area contributed by atoms with Gasteiger partial charge < -0.3 is 26.2 Å². The summed E-state index contributed by atoms with van der Waals surface area (Å²) in [7, 11) is 0. The molecule has 4 N–H and O–H groups in total. The van der Waals surface area contributed by atoms with Crippen LogP contribution < -0.4 is 26.2 Å². The van der Waals surface area contributed by atoms with Gasteiger partial charge in [-0.2, -0.15) is 0 Å². The van der Waals surface area contributed by atoms with Gasteiger partial charge in [0.05, 0.1) is 6.54 Å². The number of hydrogen-bond donors (Lipinski definition) is 4. The number of benzene rings is 1. The molecule has 0 saturated carbocycles. The molecular formula is C18H27N5O3. The molecule has 0 aliphatic carbocycles. The molecule has 8 nitrogen and oxygen atoms in total. The smallest absolute Gasteiger partial charge is 0.315 e. The Balaban J connectivity index is 1.68. The molecule has 0 aromatic heterocycles. The number of carbonyl (C=O) groups excluding carboxylic acids is 3. The molecule has 1 fully saturated rings. The molecule has 0 bridgehead atoms. The first-order valence-electron chi connectivity index (χ1n) is 8.97. The molecule has 0 unspecified atom stereocenters. The molecule has 1 aromatic carbocycles. The Morgan fingerprint density at radius 1 is 1.12 bits per heavy atom. The number of nitrogens with one attached hydrogen (secondary N) is 4. The van der Waals surface area contributed by atoms with Gasteiger partial charge in [-0.05, 0) is 24.1 Å². The van der Waals surface area contributed by atoms with Crippen LogP contribution in [-0.2, 0) is 16.1 Å². The average Bonchev–Trinajstić information content (AvgIpc) is 2.65. The third-order valence-corrected chi connectivity index (χ3v) is 4.00. The van der Waals surface area contributed by atoms with Crippen molar-refractivity contribution < 1.29 is 14.4 Å². The standard InChI is InChI=1S/C18H27N5O3/c1-2-8-19-16(24)7-9-21-18(26)22-12-14-3-5-15(6-4-14)23-11-10-20-17(25)13-23/h3-6H,2,7-13H2,1H3,(H,19,24)(H,20,25)(H2,21,22,26). The van der Waals surface area contributed by atoms with E-state index in [2.05, 4.69) is 21.3 Å². The van der Waals surface area contributed by atoms with Gasteiger partial charge in [0.15, 0.2) is 0 Å². The number of anilines is 1. The second-order valence-electron chi connectivity index (χ2n) is 6.15. The van der Waals surface area contributed by atoms with Crippen molar-refractivity contribution >= 4 is 23.5 Å². The Labute approximate surface area is 153 Å². The van der Waals surface area contributed by atoms with E-state index >= 15 is 0 Å². The second-order valence-corrected chi connectivity index (χ2v) is 6.15. The lowest BCUT2D eigenvalue weighted by Gasteiger charge is -2.28. The van der Waals surface area contributed by atoms with Crippen LogP contribution in [0.5, 0.6) is 0 Å². The molecule has 4 amide bonds. The fourth-order valence-corrected chi connectivity index (χ4v) is 2.57. The van der Waals surface area contributed by atoms with E-state index < -0.39 is 0 Å². The predicted molar refractivity (Wildman–Crippen MR) is 99.8 cm³/mol. The summed E-state index contributed by atoms with van der Waals surface area (Å²) in [6.45, 7) is 5.15. The van der Waals surface area contributed by atoms with Crippen molar-refractivity contribution in [2.24, 2.45) is 0 Å². The molecule has 26 heavy (non-hydrogen) atoms. The first-order chi connectivity index (χ1) is 12.6. The average molecular weight is 361 g/mol. The van der Waals surface area contributed by atoms with Gasteiger partial charge in [-0.25, -0.2) is 4.79 Å². The first kappa shape index (κ1) is 19.6. The van der Waals surface area contributed by atoms with Gasteiger partial charge in [-0.15, -0.1) is 0 Å². The summed E-state index contributed by atoms with van der Waals surface area (Å²) in [5.74, 6) is -0.0313. The van der Waals surface area contributed by atoms with Crippen molar-refractivity contribution in [2.45, 2.75) is 26.3 Å². The van der Waals surface area contributed by atoms with E-state index in [1.54, 1.807) is 0 Å². The van der Waals surface area contributed by atoms with E-state index in [-0.39, 0.29) is 24.3 Å². The molecule has 1 aromatic rings. The van der Waals surface area contributed by atoms with Gasteiger partial charge in [0.1, 0.15) is 0 Å². The SMILES string of the molecule is CCCNC(=O)CCNC(=O)NCc1ccc(N2CCNC(=O)C2)cc1. The van der Waals surface area contributed by atoms with Gasteiger partial charge in [0, 0.05) is 44.8 Å². The number of nitrogens with zero attached hydrogens (tertiary/aromatic N) is 1. The predicted octanol–water partition coefficient (Wildman–Crippen LogP) is 0.338. The van der Waals surface area contributed by atoms with Crippen LogP contribution in [0.2, 0.25) is 0 Å². The van der Waals surface area contributed by atoms with Crippen LogP contribution in [-0.4, -0.2) is 50.6 Å². The van der Waals surface area contributed by atoms with Crippen molar-refractivity contribution in [1.82, 2.24) is 21.3 Å². The lowest BCUT2D eigenvalue weighted by Crippen LogP contribution is -2.47. The Morgan fingerprint density at radius 2 is 1.88 bits per heavy atom. The minimum absolute atomic E-state index is 0.0297. The van der Waals surface area contributed by atoms with E-state index in [4.69, 9.17) is 0 Å². The van der Waals surface area contributed by atoms with E-state index in [0.29, 0.717) is 32.7 Å². The Kier molecular flexibility index (Phi) is 7.73. The maximum Gasteiger partial charge on any atom is 0.315 e. The molecule has 0 atom stereocenters. The van der Waals surface area contributed by atoms with Gasteiger partial charge in [0.25, 0.3) is 0 Å². The Morgan fingerprint density at radius 3 is 2.58 bits per heavy atom. The number of piperazine rings is 1. The second kappa shape index (κ2) is 10.3. The van der Waals surface area contributed by atoms with Crippen molar-refractivity contribution in [3.63, 3.8) is 0 Å². The molecule has 1 saturated heterocycles. The zero-order chi connectivity index (χ0) is 18.8. The van der Waals surface area contributed by atoms with Gasteiger partial charge >= 0.3 is 6.03 Å². The number of urea groups is 1. The summed E-state index contributed by atoms with van der Waals surface area (Å²) in [6, 6.07) is 7.46. The minimum Gasteiger partial charge on any atom is -0.360 e. The highest BCUT2D eigenvalue weighted by Gasteiger charge is 2.16. The van der Waals surface area contributed by atoms with Crippen molar-refractivity contribution in [3.8, 4) is 0 Å². The Hall–Kier alpha value is -2.77. The van der Waals surface area contributed by atoms with Crippen LogP contribution in [0.1, 0.15) is 25.3 Å². The number of amides is 4. The maximum atomic E-state index is 11.8. The highest BCUT2D eigenvalue weighted by atomic mass is 16.2. The van der Waals surface area contributed by atoms with Crippen molar-refractivity contribution in [2.75, 3.05) is 37.6 Å². The molecule has 1 heterocycles. The van der Waals surface area contributed by atoms with Crippen LogP contribution in [0.25, 0.3) is 0 Å². The summed E-state index contributed by atoms with van der Waals surface area (Å²) in [4.78, 5) is 36.6. The summed E-state index contributed by atoms with van der Waals surface area (Å²) < 4.78 is 0. The molecule has 8 heteroatoms. The lowest BCUT2D eigenvalue weighted by molar-refractivity contribution is -0.121. The van der Waals surface area contributed by atoms with Crippen molar-refractivity contribution in [3.05, 3.63) is 29.8 Å². The monoisotopic (exact) mass is 361 g/mol. The Bertz CT molecular complexity index is 618. The highest BCUT2D eigenvalue weighted by Crippen LogP contribution is 2.15. The fourth-order valence-electron chi connectivity index (χ4n) is 2.57. The highest BCUT2D eigenvalue weighted by molar-refractivity contribution is 5.82. The molecule has 2 rings (SSSR count). The summed E-state index contributed by atoms with van der Waals surface area (Å²) >= 11 is 0. The van der Waals surface area contributed by atoms with Crippen LogP contribution in [0, 0.1) is 0 Å². The largest absolute Gasteiger partial charge is 0.360 e. The van der Waals surface area contributed by atoms with E-state index in [1.807, 2.05) is 36.1 Å². The van der Waals surface area contributed by atoms with Crippen LogP contribution in [0.4, 0.5) is 10.5 Å². The minimum atomic E-state index is -0.301. The van der Waals surface area contributed by atoms with E-state index in [1.165, 1.54) is 0 Å². The normalized spacial score (nSPS) is 13.7. The third kappa shape index (κ3) is 6.62. The fraction of sp³-hybridized carbons (Fsp3) is 0.500. The van der Waals surface area contributed by atoms with Crippen LogP contribution in [0.3, 0.4) is 0 Å². The maximum absolute atomic E-state index is 11.8. The molecule has 0 spiro atoms. The number of carbonyl (C=O) groups is 3. The van der Waals surface area contributed by atoms with Crippen LogP contribution in [0.15, 0.2) is 24.3 Å². The quantitative estimate of drug-likeness (QED) is 0.536. The van der Waals surface area contributed by atoms with E-state index in [9.17, 15) is 14.4 Å². The number of rotatable bonds is 8. The number of hydrogen-bond acceptors (Lipinski definition) is 4. The molecule has 1 aliphatic heterocycles. The molecular weight excluding hydrogens is 334 g/mol. The zero-order valence-corrected chi connectivity index (χ0v) is 15.1. The zero-order valence-electron chi connectivity index (χ0n) is 15.1. The molecule has 142 valence electrons. The van der Waals surface area contributed by atoms with Crippen LogP contribution >= 0.6 is 0 Å². The van der Waals surface area contributed by atoms with Gasteiger partial charge in [0.2, 0.25) is 11.8 Å². The van der Waals surface area contributed by atoms with Gasteiger partial charge in [-0.1, -0.05) is 19.1 Å². The summed E-state index contributed by atoms with van der Waals surface area (Å²) in [5.41, 5.74) is 1.96. The lowest BCUT2D eigenvalue weighted by atomic mass is 10.2. The van der Waals surface area contributed by atoms with Crippen molar-refractivity contribution in [1.29, 1.82) is 0 Å². The third-order valence-electron chi connectivity index (χ3n) is 4.00. The summed E-state index contributed by atoms with van der Waals surface area (Å²) in [6.07, 6.45) is 1.16.